The number of nitrogens with zero attached hydrogens (tertiary/aromatic N) is 4. The average molecular weight is 449 g/mol. The summed E-state index contributed by atoms with van der Waals surface area (Å²) in [7, 11) is 1.92. The third-order valence-corrected chi connectivity index (χ3v) is 5.43. The molecule has 7 nitrogen and oxygen atoms in total. The third-order valence-electron chi connectivity index (χ3n) is 5.17. The van der Waals surface area contributed by atoms with Crippen LogP contribution in [0.3, 0.4) is 0 Å². The summed E-state index contributed by atoms with van der Waals surface area (Å²) >= 11 is 6.08. The van der Waals surface area contributed by atoms with Gasteiger partial charge in [0.15, 0.2) is 0 Å². The molecule has 0 aliphatic heterocycles. The van der Waals surface area contributed by atoms with Crippen LogP contribution < -0.4 is 5.32 Å². The van der Waals surface area contributed by atoms with E-state index in [1.807, 2.05) is 91.3 Å². The molecule has 2 aromatic carbocycles. The SMILES string of the molecule is Cc1n[nH]c(C)c1NC(=O)CN(C)Cc1cn(-c2ccccc2)nc1-c1ccc(Cl)cc1. The van der Waals surface area contributed by atoms with E-state index in [2.05, 4.69) is 15.5 Å². The molecule has 0 unspecified atom stereocenters. The number of rotatable bonds is 7. The van der Waals surface area contributed by atoms with Crippen molar-refractivity contribution in [3.8, 4) is 16.9 Å². The number of aromatic amines is 1. The molecule has 2 aromatic heterocycles. The quantitative estimate of drug-likeness (QED) is 0.433. The monoisotopic (exact) mass is 448 g/mol. The molecule has 0 spiro atoms. The third kappa shape index (κ3) is 4.90. The van der Waals surface area contributed by atoms with Gasteiger partial charge in [0.1, 0.15) is 0 Å². The van der Waals surface area contributed by atoms with Crippen molar-refractivity contribution in [2.75, 3.05) is 18.9 Å². The Kier molecular flexibility index (Phi) is 6.39. The number of carbonyl (C=O) groups excluding carboxylic acids is 1. The maximum atomic E-state index is 12.6. The fourth-order valence-electron chi connectivity index (χ4n) is 3.60. The number of anilines is 1. The predicted octanol–water partition coefficient (Wildman–Crippen LogP) is 4.60. The van der Waals surface area contributed by atoms with Crippen LogP contribution in [-0.4, -0.2) is 44.4 Å². The lowest BCUT2D eigenvalue weighted by molar-refractivity contribution is -0.117. The zero-order chi connectivity index (χ0) is 22.7. The lowest BCUT2D eigenvalue weighted by Gasteiger charge is -2.16. The second-order valence-corrected chi connectivity index (χ2v) is 8.26. The first-order valence-corrected chi connectivity index (χ1v) is 10.7. The molecule has 0 bridgehead atoms. The number of nitrogens with one attached hydrogen (secondary N) is 2. The fourth-order valence-corrected chi connectivity index (χ4v) is 3.72. The largest absolute Gasteiger partial charge is 0.322 e. The Labute approximate surface area is 192 Å². The standard InChI is InChI=1S/C24H25ClN6O/c1-16-23(17(2)28-27-16)26-22(32)15-30(3)13-19-14-31(21-7-5-4-6-8-21)29-24(19)18-9-11-20(25)12-10-18/h4-12,14H,13,15H2,1-3H3,(H,26,32)(H,27,28). The van der Waals surface area contributed by atoms with Crippen molar-refractivity contribution in [3.63, 3.8) is 0 Å². The number of carbonyl (C=O) groups is 1. The molecule has 4 rings (SSSR count). The summed E-state index contributed by atoms with van der Waals surface area (Å²) in [5.74, 6) is -0.0939. The summed E-state index contributed by atoms with van der Waals surface area (Å²) in [5, 5.41) is 15.5. The molecule has 0 radical (unpaired) electrons. The predicted molar refractivity (Wildman–Crippen MR) is 127 cm³/mol. The first kappa shape index (κ1) is 21.8. The molecule has 2 N–H and O–H groups in total. The van der Waals surface area contributed by atoms with Crippen LogP contribution >= 0.6 is 11.6 Å². The molecule has 8 heteroatoms. The van der Waals surface area contributed by atoms with E-state index in [9.17, 15) is 4.79 Å². The van der Waals surface area contributed by atoms with Gasteiger partial charge in [0.05, 0.1) is 35.0 Å². The van der Waals surface area contributed by atoms with Gasteiger partial charge in [0.25, 0.3) is 0 Å². The Morgan fingerprint density at radius 2 is 1.84 bits per heavy atom. The number of amides is 1. The molecule has 4 aromatic rings. The van der Waals surface area contributed by atoms with Gasteiger partial charge in [0.2, 0.25) is 5.91 Å². The van der Waals surface area contributed by atoms with Crippen LogP contribution in [0.15, 0.2) is 60.8 Å². The normalized spacial score (nSPS) is 11.2. The molecule has 0 saturated carbocycles. The Morgan fingerprint density at radius 1 is 1.12 bits per heavy atom. The number of benzene rings is 2. The number of hydrogen-bond donors (Lipinski definition) is 2. The Balaban J connectivity index is 1.55. The van der Waals surface area contributed by atoms with Gasteiger partial charge < -0.3 is 5.32 Å². The highest BCUT2D eigenvalue weighted by atomic mass is 35.5. The van der Waals surface area contributed by atoms with Gasteiger partial charge in [-0.1, -0.05) is 41.9 Å². The van der Waals surface area contributed by atoms with Gasteiger partial charge >= 0.3 is 0 Å². The van der Waals surface area contributed by atoms with Crippen LogP contribution in [0.2, 0.25) is 5.02 Å². The van der Waals surface area contributed by atoms with Gasteiger partial charge in [-0.15, -0.1) is 0 Å². The van der Waals surface area contributed by atoms with Crippen LogP contribution in [0.25, 0.3) is 16.9 Å². The highest BCUT2D eigenvalue weighted by Crippen LogP contribution is 2.26. The molecule has 32 heavy (non-hydrogen) atoms. The molecule has 2 heterocycles. The summed E-state index contributed by atoms with van der Waals surface area (Å²) in [4.78, 5) is 14.6. The summed E-state index contributed by atoms with van der Waals surface area (Å²) in [6, 6.07) is 17.6. The lowest BCUT2D eigenvalue weighted by atomic mass is 10.1. The second kappa shape index (κ2) is 9.38. The second-order valence-electron chi connectivity index (χ2n) is 7.82. The molecule has 0 aliphatic carbocycles. The Hall–Kier alpha value is -3.42. The minimum absolute atomic E-state index is 0.0939. The van der Waals surface area contributed by atoms with Gasteiger partial charge in [-0.3, -0.25) is 14.8 Å². The molecule has 0 saturated heterocycles. The molecule has 1 amide bonds. The number of aromatic nitrogens is 4. The highest BCUT2D eigenvalue weighted by molar-refractivity contribution is 6.30. The van der Waals surface area contributed by atoms with E-state index >= 15 is 0 Å². The first-order valence-electron chi connectivity index (χ1n) is 10.3. The topological polar surface area (TPSA) is 78.8 Å². The van der Waals surface area contributed by atoms with E-state index in [0.717, 1.165) is 39.6 Å². The highest BCUT2D eigenvalue weighted by Gasteiger charge is 2.17. The van der Waals surface area contributed by atoms with Crippen LogP contribution in [0.5, 0.6) is 0 Å². The number of hydrogen-bond acceptors (Lipinski definition) is 4. The van der Waals surface area contributed by atoms with E-state index in [1.165, 1.54) is 0 Å². The van der Waals surface area contributed by atoms with Crippen LogP contribution in [0, 0.1) is 13.8 Å². The summed E-state index contributed by atoms with van der Waals surface area (Å²) in [6.45, 7) is 4.54. The summed E-state index contributed by atoms with van der Waals surface area (Å²) in [5.41, 5.74) is 6.17. The summed E-state index contributed by atoms with van der Waals surface area (Å²) in [6.07, 6.45) is 2.01. The molecule has 0 fully saturated rings. The van der Waals surface area contributed by atoms with Crippen molar-refractivity contribution in [2.24, 2.45) is 0 Å². The molecular formula is C24H25ClN6O. The Bertz CT molecular complexity index is 1190. The number of H-pyrrole nitrogens is 1. The number of aryl methyl sites for hydroxylation is 2. The molecule has 0 atom stereocenters. The van der Waals surface area contributed by atoms with Gasteiger partial charge in [-0.25, -0.2) is 4.68 Å². The van der Waals surface area contributed by atoms with Gasteiger partial charge in [-0.05, 0) is 45.2 Å². The average Bonchev–Trinajstić information content (AvgIpc) is 3.33. The lowest BCUT2D eigenvalue weighted by Crippen LogP contribution is -2.30. The molecule has 0 aliphatic rings. The van der Waals surface area contributed by atoms with E-state index in [-0.39, 0.29) is 12.5 Å². The number of halogens is 1. The van der Waals surface area contributed by atoms with Crippen molar-refractivity contribution in [1.29, 1.82) is 0 Å². The first-order chi connectivity index (χ1) is 15.4. The Morgan fingerprint density at radius 3 is 2.50 bits per heavy atom. The van der Waals surface area contributed by atoms with Crippen molar-refractivity contribution >= 4 is 23.2 Å². The van der Waals surface area contributed by atoms with Crippen molar-refractivity contribution in [2.45, 2.75) is 20.4 Å². The van der Waals surface area contributed by atoms with Gasteiger partial charge in [0, 0.05) is 28.9 Å². The van der Waals surface area contributed by atoms with E-state index in [1.54, 1.807) is 0 Å². The minimum Gasteiger partial charge on any atom is -0.322 e. The molecular weight excluding hydrogens is 424 g/mol. The van der Waals surface area contributed by atoms with Crippen LogP contribution in [0.1, 0.15) is 17.0 Å². The van der Waals surface area contributed by atoms with Crippen molar-refractivity contribution < 1.29 is 4.79 Å². The maximum Gasteiger partial charge on any atom is 0.238 e. The van der Waals surface area contributed by atoms with Crippen LogP contribution in [-0.2, 0) is 11.3 Å². The smallest absolute Gasteiger partial charge is 0.238 e. The van der Waals surface area contributed by atoms with Crippen molar-refractivity contribution in [1.82, 2.24) is 24.9 Å². The maximum absolute atomic E-state index is 12.6. The fraction of sp³-hybridized carbons (Fsp3) is 0.208. The summed E-state index contributed by atoms with van der Waals surface area (Å²) < 4.78 is 1.87. The zero-order valence-electron chi connectivity index (χ0n) is 18.3. The van der Waals surface area contributed by atoms with Crippen molar-refractivity contribution in [3.05, 3.63) is 82.8 Å². The van der Waals surface area contributed by atoms with E-state index in [0.29, 0.717) is 11.6 Å². The van der Waals surface area contributed by atoms with E-state index in [4.69, 9.17) is 16.7 Å². The van der Waals surface area contributed by atoms with E-state index < -0.39 is 0 Å². The molecule has 164 valence electrons. The number of likely N-dealkylation sites (N-methyl/N-ethyl adjacent to an activating group) is 1. The zero-order valence-corrected chi connectivity index (χ0v) is 19.0. The number of para-hydroxylation sites is 1. The van der Waals surface area contributed by atoms with Crippen LogP contribution in [0.4, 0.5) is 5.69 Å². The minimum atomic E-state index is -0.0939. The van der Waals surface area contributed by atoms with Gasteiger partial charge in [-0.2, -0.15) is 10.2 Å².